The number of fused-ring (bicyclic) bond motifs is 1. The summed E-state index contributed by atoms with van der Waals surface area (Å²) in [5.74, 6) is -0.317. The second-order valence-electron chi connectivity index (χ2n) is 7.68. The van der Waals surface area contributed by atoms with E-state index >= 15 is 0 Å². The average molecular weight is 331 g/mol. The number of carbonyl (C=O) groups excluding carboxylic acids is 1. The lowest BCUT2D eigenvalue weighted by Gasteiger charge is -2.28. The predicted molar refractivity (Wildman–Crippen MR) is 87.8 cm³/mol. The van der Waals surface area contributed by atoms with E-state index in [9.17, 15) is 14.7 Å². The van der Waals surface area contributed by atoms with Crippen molar-refractivity contribution in [1.29, 1.82) is 0 Å². The fourth-order valence-corrected chi connectivity index (χ4v) is 5.13. The van der Waals surface area contributed by atoms with Gasteiger partial charge in [0.1, 0.15) is 5.69 Å². The van der Waals surface area contributed by atoms with Crippen molar-refractivity contribution in [3.63, 3.8) is 0 Å². The molecule has 0 radical (unpaired) electrons. The molecule has 0 bridgehead atoms. The molecule has 1 N–H and O–H groups in total. The molecule has 2 unspecified atom stereocenters. The van der Waals surface area contributed by atoms with Crippen LogP contribution in [0.4, 0.5) is 0 Å². The minimum absolute atomic E-state index is 0.0516. The van der Waals surface area contributed by atoms with E-state index in [2.05, 4.69) is 5.10 Å². The van der Waals surface area contributed by atoms with Crippen LogP contribution in [0.3, 0.4) is 0 Å². The molecule has 24 heavy (non-hydrogen) atoms. The van der Waals surface area contributed by atoms with Crippen molar-refractivity contribution in [2.75, 3.05) is 6.54 Å². The summed E-state index contributed by atoms with van der Waals surface area (Å²) >= 11 is 0. The molecule has 2 heterocycles. The van der Waals surface area contributed by atoms with Gasteiger partial charge in [-0.1, -0.05) is 19.3 Å². The standard InChI is InChI=1S/C18H25N3O3/c1-20-14(11-13(19-20)12-5-2-3-6-12)16(22)21-10-9-18(17(23)24)8-4-7-15(18)21/h11-12,15H,2-10H2,1H3,(H,23,24). The number of nitrogens with zero attached hydrogens (tertiary/aromatic N) is 3. The van der Waals surface area contributed by atoms with E-state index < -0.39 is 11.4 Å². The fraction of sp³-hybridized carbons (Fsp3) is 0.722. The van der Waals surface area contributed by atoms with Crippen molar-refractivity contribution in [3.8, 4) is 0 Å². The monoisotopic (exact) mass is 331 g/mol. The topological polar surface area (TPSA) is 75.4 Å². The van der Waals surface area contributed by atoms with Crippen LogP contribution in [0.2, 0.25) is 0 Å². The average Bonchev–Trinajstić information content (AvgIpc) is 3.29. The molecule has 0 aromatic carbocycles. The van der Waals surface area contributed by atoms with Gasteiger partial charge in [0.05, 0.1) is 11.1 Å². The van der Waals surface area contributed by atoms with Gasteiger partial charge in [-0.2, -0.15) is 5.10 Å². The van der Waals surface area contributed by atoms with Gasteiger partial charge in [0.25, 0.3) is 5.91 Å². The molecular formula is C18H25N3O3. The summed E-state index contributed by atoms with van der Waals surface area (Å²) in [4.78, 5) is 26.7. The zero-order valence-electron chi connectivity index (χ0n) is 14.2. The molecule has 3 aliphatic rings. The van der Waals surface area contributed by atoms with Crippen molar-refractivity contribution in [1.82, 2.24) is 14.7 Å². The molecule has 6 nitrogen and oxygen atoms in total. The van der Waals surface area contributed by atoms with E-state index in [0.29, 0.717) is 31.0 Å². The van der Waals surface area contributed by atoms with Crippen LogP contribution < -0.4 is 0 Å². The third-order valence-corrected chi connectivity index (χ3v) is 6.49. The number of hydrogen-bond acceptors (Lipinski definition) is 3. The minimum atomic E-state index is -0.739. The van der Waals surface area contributed by atoms with Gasteiger partial charge in [0, 0.05) is 25.6 Å². The highest BCUT2D eigenvalue weighted by molar-refractivity contribution is 5.94. The van der Waals surface area contributed by atoms with Crippen LogP contribution in [0.1, 0.15) is 73.5 Å². The number of rotatable bonds is 3. The van der Waals surface area contributed by atoms with Crippen LogP contribution in [0.25, 0.3) is 0 Å². The van der Waals surface area contributed by atoms with Gasteiger partial charge in [-0.25, -0.2) is 0 Å². The Labute approximate surface area is 141 Å². The highest BCUT2D eigenvalue weighted by Crippen LogP contribution is 2.49. The number of hydrogen-bond donors (Lipinski definition) is 1. The third-order valence-electron chi connectivity index (χ3n) is 6.49. The number of aromatic nitrogens is 2. The van der Waals surface area contributed by atoms with Crippen LogP contribution in [0.5, 0.6) is 0 Å². The van der Waals surface area contributed by atoms with Gasteiger partial charge >= 0.3 is 5.97 Å². The number of likely N-dealkylation sites (tertiary alicyclic amines) is 1. The maximum Gasteiger partial charge on any atom is 0.311 e. The van der Waals surface area contributed by atoms with Gasteiger partial charge in [0.15, 0.2) is 0 Å². The van der Waals surface area contributed by atoms with Crippen LogP contribution in [-0.2, 0) is 11.8 Å². The SMILES string of the molecule is Cn1nc(C2CCCC2)cc1C(=O)N1CCC2(C(=O)O)CCCC12. The Hall–Kier alpha value is -1.85. The number of carboxylic acid groups (broad SMARTS) is 1. The Morgan fingerprint density at radius 2 is 1.96 bits per heavy atom. The maximum absolute atomic E-state index is 13.1. The van der Waals surface area contributed by atoms with Crippen molar-refractivity contribution in [2.24, 2.45) is 12.5 Å². The number of carboxylic acids is 1. The first-order valence-electron chi connectivity index (χ1n) is 9.11. The van der Waals surface area contributed by atoms with Gasteiger partial charge in [-0.05, 0) is 38.2 Å². The molecule has 1 aromatic rings. The predicted octanol–water partition coefficient (Wildman–Crippen LogP) is 2.55. The molecule has 1 amide bonds. The molecule has 2 aliphatic carbocycles. The van der Waals surface area contributed by atoms with Gasteiger partial charge in [0.2, 0.25) is 0 Å². The first-order valence-corrected chi connectivity index (χ1v) is 9.11. The van der Waals surface area contributed by atoms with Crippen LogP contribution >= 0.6 is 0 Å². The number of carbonyl (C=O) groups is 2. The minimum Gasteiger partial charge on any atom is -0.481 e. The highest BCUT2D eigenvalue weighted by atomic mass is 16.4. The molecule has 1 aromatic heterocycles. The van der Waals surface area contributed by atoms with Crippen molar-refractivity contribution in [2.45, 2.75) is 63.3 Å². The second kappa shape index (κ2) is 5.60. The summed E-state index contributed by atoms with van der Waals surface area (Å²) in [5, 5.41) is 14.3. The second-order valence-corrected chi connectivity index (χ2v) is 7.68. The Morgan fingerprint density at radius 1 is 1.21 bits per heavy atom. The summed E-state index contributed by atoms with van der Waals surface area (Å²) in [6.45, 7) is 0.541. The lowest BCUT2D eigenvalue weighted by atomic mass is 9.82. The van der Waals surface area contributed by atoms with Crippen LogP contribution in [0, 0.1) is 5.41 Å². The number of amides is 1. The quantitative estimate of drug-likeness (QED) is 0.923. The molecule has 130 valence electrons. The molecule has 1 aliphatic heterocycles. The lowest BCUT2D eigenvalue weighted by molar-refractivity contribution is -0.149. The number of aryl methyl sites for hydroxylation is 1. The summed E-state index contributed by atoms with van der Waals surface area (Å²) in [7, 11) is 1.82. The fourth-order valence-electron chi connectivity index (χ4n) is 5.13. The highest BCUT2D eigenvalue weighted by Gasteiger charge is 2.57. The summed E-state index contributed by atoms with van der Waals surface area (Å²) in [6, 6.07) is 1.78. The third kappa shape index (κ3) is 2.19. The van der Waals surface area contributed by atoms with E-state index in [-0.39, 0.29) is 11.9 Å². The largest absolute Gasteiger partial charge is 0.481 e. The van der Waals surface area contributed by atoms with Crippen molar-refractivity contribution >= 4 is 11.9 Å². The number of aliphatic carboxylic acids is 1. The van der Waals surface area contributed by atoms with Gasteiger partial charge < -0.3 is 10.0 Å². The lowest BCUT2D eigenvalue weighted by Crippen LogP contribution is -2.43. The first-order chi connectivity index (χ1) is 11.5. The summed E-state index contributed by atoms with van der Waals surface area (Å²) in [5.41, 5.74) is 0.904. The molecule has 6 heteroatoms. The van der Waals surface area contributed by atoms with E-state index in [4.69, 9.17) is 0 Å². The van der Waals surface area contributed by atoms with E-state index in [1.54, 1.807) is 9.58 Å². The van der Waals surface area contributed by atoms with Crippen molar-refractivity contribution < 1.29 is 14.7 Å². The van der Waals surface area contributed by atoms with Crippen LogP contribution in [-0.4, -0.2) is 44.3 Å². The molecule has 2 saturated carbocycles. The Kier molecular flexibility index (Phi) is 3.66. The first kappa shape index (κ1) is 15.7. The summed E-state index contributed by atoms with van der Waals surface area (Å²) < 4.78 is 1.69. The Balaban J connectivity index is 1.59. The van der Waals surface area contributed by atoms with E-state index in [1.807, 2.05) is 13.1 Å². The van der Waals surface area contributed by atoms with Crippen molar-refractivity contribution in [3.05, 3.63) is 17.5 Å². The zero-order chi connectivity index (χ0) is 16.9. The zero-order valence-corrected chi connectivity index (χ0v) is 14.2. The molecule has 4 rings (SSSR count). The van der Waals surface area contributed by atoms with E-state index in [0.717, 1.165) is 31.4 Å². The van der Waals surface area contributed by atoms with Crippen LogP contribution in [0.15, 0.2) is 6.07 Å². The Morgan fingerprint density at radius 3 is 2.67 bits per heavy atom. The molecule has 3 fully saturated rings. The molecule has 0 spiro atoms. The normalized spacial score (nSPS) is 30.0. The van der Waals surface area contributed by atoms with Gasteiger partial charge in [-0.15, -0.1) is 0 Å². The molecular weight excluding hydrogens is 306 g/mol. The van der Waals surface area contributed by atoms with E-state index in [1.165, 1.54) is 12.8 Å². The smallest absolute Gasteiger partial charge is 0.311 e. The Bertz CT molecular complexity index is 677. The molecule has 1 saturated heterocycles. The maximum atomic E-state index is 13.1. The molecule has 2 atom stereocenters. The summed E-state index contributed by atoms with van der Waals surface area (Å²) in [6.07, 6.45) is 7.73. The van der Waals surface area contributed by atoms with Gasteiger partial charge in [-0.3, -0.25) is 14.3 Å².